The highest BCUT2D eigenvalue weighted by Gasteiger charge is 2.39. The predicted octanol–water partition coefficient (Wildman–Crippen LogP) is 2.33. The zero-order valence-corrected chi connectivity index (χ0v) is 12.7. The normalized spacial score (nSPS) is 21.3. The van der Waals surface area contributed by atoms with E-state index < -0.39 is 0 Å². The van der Waals surface area contributed by atoms with Crippen LogP contribution in [-0.4, -0.2) is 49.3 Å². The SMILES string of the molecule is O=C(Nc1ccc(Cl)cc1)N1CCOC2(CCNCC2)C1. The molecule has 21 heavy (non-hydrogen) atoms. The van der Waals surface area contributed by atoms with Crippen molar-refractivity contribution in [2.45, 2.75) is 18.4 Å². The maximum Gasteiger partial charge on any atom is 0.322 e. The standard InChI is InChI=1S/C15H20ClN3O2/c16-12-1-3-13(4-2-12)18-14(20)19-9-10-21-15(11-19)5-7-17-8-6-15/h1-4,17H,5-11H2,(H,18,20). The maximum atomic E-state index is 12.4. The van der Waals surface area contributed by atoms with Crippen LogP contribution in [0.3, 0.4) is 0 Å². The quantitative estimate of drug-likeness (QED) is 0.837. The average molecular weight is 310 g/mol. The Morgan fingerprint density at radius 2 is 2.00 bits per heavy atom. The summed E-state index contributed by atoms with van der Waals surface area (Å²) >= 11 is 5.85. The lowest BCUT2D eigenvalue weighted by molar-refractivity contribution is -0.111. The molecular formula is C15H20ClN3O2. The fourth-order valence-corrected chi connectivity index (χ4v) is 3.06. The van der Waals surface area contributed by atoms with E-state index in [0.717, 1.165) is 31.6 Å². The number of ether oxygens (including phenoxy) is 1. The molecule has 5 nitrogen and oxygen atoms in total. The van der Waals surface area contributed by atoms with E-state index in [0.29, 0.717) is 24.7 Å². The fraction of sp³-hybridized carbons (Fsp3) is 0.533. The zero-order valence-electron chi connectivity index (χ0n) is 11.9. The van der Waals surface area contributed by atoms with Crippen molar-refractivity contribution < 1.29 is 9.53 Å². The van der Waals surface area contributed by atoms with Gasteiger partial charge in [0.05, 0.1) is 18.8 Å². The van der Waals surface area contributed by atoms with Crippen molar-refractivity contribution >= 4 is 23.3 Å². The van der Waals surface area contributed by atoms with Crippen molar-refractivity contribution in [3.8, 4) is 0 Å². The number of carbonyl (C=O) groups excluding carboxylic acids is 1. The molecule has 1 spiro atoms. The van der Waals surface area contributed by atoms with Crippen LogP contribution < -0.4 is 10.6 Å². The van der Waals surface area contributed by atoms with Crippen molar-refractivity contribution in [1.82, 2.24) is 10.2 Å². The van der Waals surface area contributed by atoms with E-state index in [1.165, 1.54) is 0 Å². The van der Waals surface area contributed by atoms with Crippen LogP contribution in [-0.2, 0) is 4.74 Å². The summed E-state index contributed by atoms with van der Waals surface area (Å²) in [5.74, 6) is 0. The molecule has 0 aliphatic carbocycles. The lowest BCUT2D eigenvalue weighted by atomic mass is 9.90. The summed E-state index contributed by atoms with van der Waals surface area (Å²) in [7, 11) is 0. The Balaban J connectivity index is 1.62. The number of hydrogen-bond acceptors (Lipinski definition) is 3. The molecule has 6 heteroatoms. The topological polar surface area (TPSA) is 53.6 Å². The van der Waals surface area contributed by atoms with Gasteiger partial charge in [-0.1, -0.05) is 11.6 Å². The summed E-state index contributed by atoms with van der Waals surface area (Å²) in [5, 5.41) is 6.91. The number of urea groups is 1. The molecule has 0 atom stereocenters. The second-order valence-corrected chi connectivity index (χ2v) is 6.08. The Morgan fingerprint density at radius 1 is 1.29 bits per heavy atom. The minimum absolute atomic E-state index is 0.0708. The van der Waals surface area contributed by atoms with Gasteiger partial charge in [0, 0.05) is 17.3 Å². The van der Waals surface area contributed by atoms with Gasteiger partial charge in [0.1, 0.15) is 0 Å². The number of nitrogens with zero attached hydrogens (tertiary/aromatic N) is 1. The first kappa shape index (κ1) is 14.6. The third kappa shape index (κ3) is 3.48. The van der Waals surface area contributed by atoms with E-state index in [-0.39, 0.29) is 11.6 Å². The number of nitrogens with one attached hydrogen (secondary N) is 2. The number of amides is 2. The number of hydrogen-bond donors (Lipinski definition) is 2. The number of halogens is 1. The smallest absolute Gasteiger partial charge is 0.322 e. The first-order valence-corrected chi connectivity index (χ1v) is 7.71. The lowest BCUT2D eigenvalue weighted by Gasteiger charge is -2.45. The van der Waals surface area contributed by atoms with E-state index in [9.17, 15) is 4.79 Å². The Hall–Kier alpha value is -1.30. The number of rotatable bonds is 1. The molecule has 0 aromatic heterocycles. The molecule has 0 unspecified atom stereocenters. The Morgan fingerprint density at radius 3 is 2.71 bits per heavy atom. The number of morpholine rings is 1. The summed E-state index contributed by atoms with van der Waals surface area (Å²) in [6.07, 6.45) is 1.91. The Bertz CT molecular complexity index is 495. The molecule has 2 N–H and O–H groups in total. The van der Waals surface area contributed by atoms with Gasteiger partial charge in [-0.25, -0.2) is 4.79 Å². The van der Waals surface area contributed by atoms with Crippen molar-refractivity contribution in [2.75, 3.05) is 38.1 Å². The van der Waals surface area contributed by atoms with Gasteiger partial charge in [-0.05, 0) is 50.2 Å². The van der Waals surface area contributed by atoms with Crippen molar-refractivity contribution in [1.29, 1.82) is 0 Å². The van der Waals surface area contributed by atoms with Crippen LogP contribution >= 0.6 is 11.6 Å². The summed E-state index contributed by atoms with van der Waals surface area (Å²) < 4.78 is 5.97. The largest absolute Gasteiger partial charge is 0.371 e. The molecule has 2 amide bonds. The second-order valence-electron chi connectivity index (χ2n) is 5.64. The summed E-state index contributed by atoms with van der Waals surface area (Å²) in [4.78, 5) is 14.2. The van der Waals surface area contributed by atoms with E-state index >= 15 is 0 Å². The van der Waals surface area contributed by atoms with E-state index in [1.807, 2.05) is 4.90 Å². The molecule has 2 aliphatic rings. The second kappa shape index (κ2) is 6.22. The van der Waals surface area contributed by atoms with Gasteiger partial charge in [0.25, 0.3) is 0 Å². The molecule has 2 aliphatic heterocycles. The number of piperidine rings is 1. The minimum atomic E-state index is -0.166. The average Bonchev–Trinajstić information content (AvgIpc) is 2.50. The van der Waals surface area contributed by atoms with Crippen LogP contribution in [0.25, 0.3) is 0 Å². The molecule has 0 saturated carbocycles. The fourth-order valence-electron chi connectivity index (χ4n) is 2.94. The van der Waals surface area contributed by atoms with E-state index in [2.05, 4.69) is 10.6 Å². The van der Waals surface area contributed by atoms with Crippen molar-refractivity contribution in [3.63, 3.8) is 0 Å². The molecule has 114 valence electrons. The molecule has 3 rings (SSSR count). The van der Waals surface area contributed by atoms with Crippen LogP contribution in [0.2, 0.25) is 5.02 Å². The van der Waals surface area contributed by atoms with E-state index in [1.54, 1.807) is 24.3 Å². The van der Waals surface area contributed by atoms with Crippen LogP contribution in [0.1, 0.15) is 12.8 Å². The number of carbonyl (C=O) groups is 1. The van der Waals surface area contributed by atoms with Crippen molar-refractivity contribution in [3.05, 3.63) is 29.3 Å². The van der Waals surface area contributed by atoms with Crippen LogP contribution in [0, 0.1) is 0 Å². The van der Waals surface area contributed by atoms with Crippen LogP contribution in [0.5, 0.6) is 0 Å². The molecule has 1 aromatic carbocycles. The predicted molar refractivity (Wildman–Crippen MR) is 82.8 cm³/mol. The molecular weight excluding hydrogens is 290 g/mol. The maximum absolute atomic E-state index is 12.4. The first-order valence-electron chi connectivity index (χ1n) is 7.33. The minimum Gasteiger partial charge on any atom is -0.371 e. The Kier molecular flexibility index (Phi) is 4.33. The third-order valence-corrected chi connectivity index (χ3v) is 4.40. The molecule has 2 heterocycles. The summed E-state index contributed by atoms with van der Waals surface area (Å²) in [5.41, 5.74) is 0.594. The highest BCUT2D eigenvalue weighted by atomic mass is 35.5. The molecule has 2 saturated heterocycles. The number of anilines is 1. The van der Waals surface area contributed by atoms with Gasteiger partial charge < -0.3 is 20.3 Å². The summed E-state index contributed by atoms with van der Waals surface area (Å²) in [6, 6.07) is 7.08. The highest BCUT2D eigenvalue weighted by molar-refractivity contribution is 6.30. The van der Waals surface area contributed by atoms with Gasteiger partial charge in [-0.2, -0.15) is 0 Å². The zero-order chi connectivity index (χ0) is 14.7. The van der Waals surface area contributed by atoms with Gasteiger partial charge >= 0.3 is 6.03 Å². The van der Waals surface area contributed by atoms with Crippen LogP contribution in [0.15, 0.2) is 24.3 Å². The Labute approximate surface area is 129 Å². The van der Waals surface area contributed by atoms with Gasteiger partial charge in [-0.3, -0.25) is 0 Å². The first-order chi connectivity index (χ1) is 10.2. The molecule has 1 aromatic rings. The molecule has 2 fully saturated rings. The summed E-state index contributed by atoms with van der Waals surface area (Å²) in [6.45, 7) is 3.80. The van der Waals surface area contributed by atoms with Crippen molar-refractivity contribution in [2.24, 2.45) is 0 Å². The lowest BCUT2D eigenvalue weighted by Crippen LogP contribution is -2.58. The van der Waals surface area contributed by atoms with Gasteiger partial charge in [0.2, 0.25) is 0 Å². The van der Waals surface area contributed by atoms with Gasteiger partial charge in [-0.15, -0.1) is 0 Å². The monoisotopic (exact) mass is 309 g/mol. The molecule has 0 bridgehead atoms. The highest BCUT2D eigenvalue weighted by Crippen LogP contribution is 2.27. The van der Waals surface area contributed by atoms with Gasteiger partial charge in [0.15, 0.2) is 0 Å². The van der Waals surface area contributed by atoms with E-state index in [4.69, 9.17) is 16.3 Å². The molecule has 0 radical (unpaired) electrons. The third-order valence-electron chi connectivity index (χ3n) is 4.15. The number of benzene rings is 1. The van der Waals surface area contributed by atoms with Crippen LogP contribution in [0.4, 0.5) is 10.5 Å².